The number of nitrogens with zero attached hydrogens (tertiary/aromatic N) is 1. The topological polar surface area (TPSA) is 104 Å². The van der Waals surface area contributed by atoms with E-state index in [2.05, 4.69) is 5.32 Å². The zero-order valence-corrected chi connectivity index (χ0v) is 14.8. The van der Waals surface area contributed by atoms with Crippen molar-refractivity contribution in [3.8, 4) is 0 Å². The second-order valence-corrected chi connectivity index (χ2v) is 7.20. The van der Waals surface area contributed by atoms with Crippen LogP contribution in [-0.2, 0) is 19.2 Å². The van der Waals surface area contributed by atoms with Crippen molar-refractivity contribution in [1.82, 2.24) is 0 Å². The van der Waals surface area contributed by atoms with E-state index in [0.29, 0.717) is 16.9 Å². The van der Waals surface area contributed by atoms with Crippen molar-refractivity contribution in [2.75, 3.05) is 10.2 Å². The molecule has 0 aromatic heterocycles. The van der Waals surface area contributed by atoms with E-state index in [4.69, 9.17) is 0 Å². The Balaban J connectivity index is 2.34. The van der Waals surface area contributed by atoms with Gasteiger partial charge in [0.25, 0.3) is 0 Å². The van der Waals surface area contributed by atoms with Crippen LogP contribution in [0, 0.1) is 18.3 Å². The third kappa shape index (κ3) is 3.70. The number of carboxylic acids is 1. The predicted molar refractivity (Wildman–Crippen MR) is 92.1 cm³/mol. The first kappa shape index (κ1) is 18.6. The first-order chi connectivity index (χ1) is 11.5. The van der Waals surface area contributed by atoms with Crippen molar-refractivity contribution in [3.63, 3.8) is 0 Å². The molecule has 0 spiro atoms. The summed E-state index contributed by atoms with van der Waals surface area (Å²) in [6.45, 7) is 6.71. The number of carbonyl (C=O) groups excluding carboxylic acids is 3. The average molecular weight is 346 g/mol. The minimum atomic E-state index is -1.23. The molecule has 0 bridgehead atoms. The minimum absolute atomic E-state index is 0.167. The molecule has 0 saturated carbocycles. The van der Waals surface area contributed by atoms with Gasteiger partial charge in [0.05, 0.1) is 5.69 Å². The highest BCUT2D eigenvalue weighted by atomic mass is 16.4. The fourth-order valence-corrected chi connectivity index (χ4v) is 2.93. The van der Waals surface area contributed by atoms with Gasteiger partial charge in [0.1, 0.15) is 5.92 Å². The Bertz CT molecular complexity index is 732. The second kappa shape index (κ2) is 6.66. The fourth-order valence-electron chi connectivity index (χ4n) is 2.93. The van der Waals surface area contributed by atoms with Crippen LogP contribution in [0.15, 0.2) is 18.2 Å². The molecule has 3 amide bonds. The van der Waals surface area contributed by atoms with E-state index in [-0.39, 0.29) is 24.7 Å². The molecule has 2 N–H and O–H groups in total. The highest BCUT2D eigenvalue weighted by molar-refractivity contribution is 6.20. The molecule has 1 unspecified atom stereocenters. The maximum absolute atomic E-state index is 12.5. The van der Waals surface area contributed by atoms with E-state index in [1.807, 2.05) is 0 Å². The van der Waals surface area contributed by atoms with E-state index < -0.39 is 23.2 Å². The molecule has 1 heterocycles. The van der Waals surface area contributed by atoms with Gasteiger partial charge in [-0.1, -0.05) is 26.8 Å². The molecule has 1 aliphatic heterocycles. The number of carboxylic acid groups (broad SMARTS) is 1. The molecule has 7 heteroatoms. The van der Waals surface area contributed by atoms with Crippen LogP contribution in [0.2, 0.25) is 0 Å². The highest BCUT2D eigenvalue weighted by Gasteiger charge is 2.38. The zero-order chi connectivity index (χ0) is 18.9. The summed E-state index contributed by atoms with van der Waals surface area (Å²) in [6.07, 6.45) is 0.333. The Morgan fingerprint density at radius 3 is 2.20 bits per heavy atom. The third-order valence-electron chi connectivity index (χ3n) is 4.23. The number of carbonyl (C=O) groups is 4. The summed E-state index contributed by atoms with van der Waals surface area (Å²) in [6, 6.07) is 4.86. The van der Waals surface area contributed by atoms with Crippen LogP contribution in [0.4, 0.5) is 11.4 Å². The number of benzene rings is 1. The van der Waals surface area contributed by atoms with Gasteiger partial charge in [-0.3, -0.25) is 24.1 Å². The van der Waals surface area contributed by atoms with Gasteiger partial charge in [-0.05, 0) is 30.0 Å². The Morgan fingerprint density at radius 1 is 1.16 bits per heavy atom. The van der Waals surface area contributed by atoms with Gasteiger partial charge in [0.2, 0.25) is 17.7 Å². The lowest BCUT2D eigenvalue weighted by Gasteiger charge is -2.26. The zero-order valence-electron chi connectivity index (χ0n) is 14.8. The van der Waals surface area contributed by atoms with Gasteiger partial charge in [-0.25, -0.2) is 0 Å². The molecule has 2 rings (SSSR count). The lowest BCUT2D eigenvalue weighted by molar-refractivity contribution is -0.149. The van der Waals surface area contributed by atoms with Crippen molar-refractivity contribution < 1.29 is 24.3 Å². The summed E-state index contributed by atoms with van der Waals surface area (Å²) in [5, 5.41) is 12.0. The van der Waals surface area contributed by atoms with Crippen molar-refractivity contribution >= 4 is 35.1 Å². The molecule has 25 heavy (non-hydrogen) atoms. The smallest absolute Gasteiger partial charge is 0.316 e. The van der Waals surface area contributed by atoms with Crippen LogP contribution in [0.25, 0.3) is 0 Å². The van der Waals surface area contributed by atoms with Crippen LogP contribution >= 0.6 is 0 Å². The Labute approximate surface area is 146 Å². The van der Waals surface area contributed by atoms with Gasteiger partial charge in [0.15, 0.2) is 0 Å². The highest BCUT2D eigenvalue weighted by Crippen LogP contribution is 2.32. The summed E-state index contributed by atoms with van der Waals surface area (Å²) < 4.78 is 0. The van der Waals surface area contributed by atoms with Crippen molar-refractivity contribution in [2.45, 2.75) is 40.5 Å². The molecule has 0 radical (unpaired) electrons. The minimum Gasteiger partial charge on any atom is -0.481 e. The molecule has 0 aliphatic carbocycles. The molecule has 7 nitrogen and oxygen atoms in total. The number of rotatable bonds is 4. The maximum Gasteiger partial charge on any atom is 0.316 e. The Morgan fingerprint density at radius 2 is 1.72 bits per heavy atom. The van der Waals surface area contributed by atoms with E-state index in [0.717, 1.165) is 4.90 Å². The Hall–Kier alpha value is -2.70. The van der Waals surface area contributed by atoms with Crippen molar-refractivity contribution in [3.05, 3.63) is 23.8 Å². The molecule has 1 aromatic carbocycles. The third-order valence-corrected chi connectivity index (χ3v) is 4.23. The summed E-state index contributed by atoms with van der Waals surface area (Å²) in [5.41, 5.74) is 0.568. The first-order valence-electron chi connectivity index (χ1n) is 8.03. The van der Waals surface area contributed by atoms with E-state index in [1.54, 1.807) is 45.9 Å². The number of aliphatic carboxylic acids is 1. The van der Waals surface area contributed by atoms with Gasteiger partial charge in [0, 0.05) is 18.5 Å². The largest absolute Gasteiger partial charge is 0.481 e. The standard InChI is InChI=1S/C18H22N2O5/c1-10-11(19-16(23)15(17(24)25)18(2,3)4)6-5-7-12(10)20-13(21)8-9-14(20)22/h5-7,15H,8-9H2,1-4H3,(H,19,23)(H,24,25). The van der Waals surface area contributed by atoms with Gasteiger partial charge in [-0.15, -0.1) is 0 Å². The number of nitrogens with one attached hydrogen (secondary N) is 1. The molecular weight excluding hydrogens is 324 g/mol. The fraction of sp³-hybridized carbons (Fsp3) is 0.444. The maximum atomic E-state index is 12.5. The van der Waals surface area contributed by atoms with Crippen LogP contribution in [0.5, 0.6) is 0 Å². The van der Waals surface area contributed by atoms with Gasteiger partial charge < -0.3 is 10.4 Å². The second-order valence-electron chi connectivity index (χ2n) is 7.20. The van der Waals surface area contributed by atoms with E-state index in [9.17, 15) is 24.3 Å². The predicted octanol–water partition coefficient (Wildman–Crippen LogP) is 2.33. The quantitative estimate of drug-likeness (QED) is 0.643. The number of hydrogen-bond donors (Lipinski definition) is 2. The van der Waals surface area contributed by atoms with Gasteiger partial charge in [-0.2, -0.15) is 0 Å². The summed E-state index contributed by atoms with van der Waals surface area (Å²) in [7, 11) is 0. The number of anilines is 2. The van der Waals surface area contributed by atoms with E-state index in [1.165, 1.54) is 0 Å². The molecule has 1 aromatic rings. The van der Waals surface area contributed by atoms with Gasteiger partial charge >= 0.3 is 5.97 Å². The molecule has 1 atom stereocenters. The van der Waals surface area contributed by atoms with Crippen molar-refractivity contribution in [1.29, 1.82) is 0 Å². The molecule has 1 aliphatic rings. The SMILES string of the molecule is Cc1c(NC(=O)C(C(=O)O)C(C)(C)C)cccc1N1C(=O)CCC1=O. The number of hydrogen-bond acceptors (Lipinski definition) is 4. The summed E-state index contributed by atoms with van der Waals surface area (Å²) in [4.78, 5) is 48.9. The van der Waals surface area contributed by atoms with Crippen LogP contribution < -0.4 is 10.2 Å². The lowest BCUT2D eigenvalue weighted by atomic mass is 9.80. The van der Waals surface area contributed by atoms with Crippen molar-refractivity contribution in [2.24, 2.45) is 11.3 Å². The van der Waals surface area contributed by atoms with Crippen LogP contribution in [0.1, 0.15) is 39.2 Å². The average Bonchev–Trinajstić information content (AvgIpc) is 2.79. The molecular formula is C18H22N2O5. The summed E-state index contributed by atoms with van der Waals surface area (Å²) >= 11 is 0. The van der Waals surface area contributed by atoms with E-state index >= 15 is 0 Å². The van der Waals surface area contributed by atoms with Crippen LogP contribution in [0.3, 0.4) is 0 Å². The molecule has 134 valence electrons. The molecule has 1 fully saturated rings. The number of imide groups is 1. The summed E-state index contributed by atoms with van der Waals surface area (Å²) in [5.74, 6) is -3.64. The monoisotopic (exact) mass is 346 g/mol. The lowest BCUT2D eigenvalue weighted by Crippen LogP contribution is -2.39. The van der Waals surface area contributed by atoms with Crippen LogP contribution in [-0.4, -0.2) is 28.8 Å². The number of amides is 3. The Kier molecular flexibility index (Phi) is 4.97. The first-order valence-corrected chi connectivity index (χ1v) is 8.03. The normalized spacial score (nSPS) is 16.1. The molecule has 1 saturated heterocycles.